The molecule has 0 atom stereocenters. The molecular weight excluding hydrogens is 350 g/mol. The number of benzene rings is 2. The van der Waals surface area contributed by atoms with Gasteiger partial charge in [0.05, 0.1) is 12.8 Å². The third-order valence-corrected chi connectivity index (χ3v) is 5.54. The monoisotopic (exact) mass is 375 g/mol. The van der Waals surface area contributed by atoms with E-state index in [0.717, 1.165) is 42.9 Å². The molecule has 5 heteroatoms. The normalized spacial score (nSPS) is 14.9. The van der Waals surface area contributed by atoms with Crippen molar-refractivity contribution in [3.05, 3.63) is 71.9 Å². The van der Waals surface area contributed by atoms with Gasteiger partial charge in [0.1, 0.15) is 11.4 Å². The Morgan fingerprint density at radius 1 is 1.04 bits per heavy atom. The van der Waals surface area contributed by atoms with Gasteiger partial charge in [-0.2, -0.15) is 5.10 Å². The molecule has 1 aliphatic heterocycles. The first-order valence-electron chi connectivity index (χ1n) is 9.68. The van der Waals surface area contributed by atoms with Crippen LogP contribution in [-0.4, -0.2) is 40.8 Å². The molecule has 1 aromatic heterocycles. The summed E-state index contributed by atoms with van der Waals surface area (Å²) in [7, 11) is 3.48. The fourth-order valence-electron chi connectivity index (χ4n) is 3.87. The Morgan fingerprint density at radius 2 is 1.71 bits per heavy atom. The number of likely N-dealkylation sites (tertiary alicyclic amines) is 1. The predicted molar refractivity (Wildman–Crippen MR) is 110 cm³/mol. The number of hydrogen-bond donors (Lipinski definition) is 0. The Labute approximate surface area is 165 Å². The van der Waals surface area contributed by atoms with Crippen molar-refractivity contribution in [3.63, 3.8) is 0 Å². The van der Waals surface area contributed by atoms with Gasteiger partial charge in [0.2, 0.25) is 0 Å². The highest BCUT2D eigenvalue weighted by Crippen LogP contribution is 2.29. The highest BCUT2D eigenvalue weighted by Gasteiger charge is 2.26. The second-order valence-electron chi connectivity index (χ2n) is 7.24. The summed E-state index contributed by atoms with van der Waals surface area (Å²) in [6.07, 6.45) is 2.00. The summed E-state index contributed by atoms with van der Waals surface area (Å²) < 4.78 is 6.89. The van der Waals surface area contributed by atoms with E-state index < -0.39 is 0 Å². The predicted octanol–water partition coefficient (Wildman–Crippen LogP) is 4.12. The van der Waals surface area contributed by atoms with Gasteiger partial charge in [-0.25, -0.2) is 0 Å². The van der Waals surface area contributed by atoms with Gasteiger partial charge < -0.3 is 9.64 Å². The minimum absolute atomic E-state index is 0.0567. The highest BCUT2D eigenvalue weighted by atomic mass is 16.5. The lowest BCUT2D eigenvalue weighted by Gasteiger charge is -2.32. The highest BCUT2D eigenvalue weighted by molar-refractivity contribution is 5.93. The molecule has 28 heavy (non-hydrogen) atoms. The molecule has 0 bridgehead atoms. The molecule has 5 nitrogen and oxygen atoms in total. The summed E-state index contributed by atoms with van der Waals surface area (Å²) in [5.74, 6) is 1.39. The van der Waals surface area contributed by atoms with E-state index in [-0.39, 0.29) is 5.91 Å². The SMILES string of the molecule is COc1ccc(-c2cc(C(=O)N3CCC(c4ccccc4)CC3)n(C)n2)cc1. The lowest BCUT2D eigenvalue weighted by atomic mass is 9.89. The molecule has 1 saturated heterocycles. The van der Waals surface area contributed by atoms with Crippen molar-refractivity contribution in [1.82, 2.24) is 14.7 Å². The van der Waals surface area contributed by atoms with E-state index in [4.69, 9.17) is 4.74 Å². The molecule has 0 unspecified atom stereocenters. The van der Waals surface area contributed by atoms with E-state index >= 15 is 0 Å². The van der Waals surface area contributed by atoms with Crippen LogP contribution in [0, 0.1) is 0 Å². The van der Waals surface area contributed by atoms with Crippen LogP contribution in [0.25, 0.3) is 11.3 Å². The fourth-order valence-corrected chi connectivity index (χ4v) is 3.87. The van der Waals surface area contributed by atoms with Crippen molar-refractivity contribution in [2.24, 2.45) is 7.05 Å². The van der Waals surface area contributed by atoms with Gasteiger partial charge >= 0.3 is 0 Å². The van der Waals surface area contributed by atoms with E-state index in [1.165, 1.54) is 5.56 Å². The smallest absolute Gasteiger partial charge is 0.272 e. The first-order chi connectivity index (χ1) is 13.7. The fraction of sp³-hybridized carbons (Fsp3) is 0.304. The largest absolute Gasteiger partial charge is 0.497 e. The van der Waals surface area contributed by atoms with Crippen LogP contribution in [0.3, 0.4) is 0 Å². The Bertz CT molecular complexity index is 940. The Balaban J connectivity index is 1.46. The van der Waals surface area contributed by atoms with E-state index in [9.17, 15) is 4.79 Å². The topological polar surface area (TPSA) is 47.4 Å². The standard InChI is InChI=1S/C23H25N3O2/c1-25-22(16-21(24-25)19-8-10-20(28-2)11-9-19)23(27)26-14-12-18(13-15-26)17-6-4-3-5-7-17/h3-11,16,18H,12-15H2,1-2H3. The van der Waals surface area contributed by atoms with Crippen LogP contribution in [0.15, 0.2) is 60.7 Å². The van der Waals surface area contributed by atoms with Crippen molar-refractivity contribution in [2.75, 3.05) is 20.2 Å². The molecule has 144 valence electrons. The maximum Gasteiger partial charge on any atom is 0.272 e. The lowest BCUT2D eigenvalue weighted by Crippen LogP contribution is -2.38. The molecule has 4 rings (SSSR count). The first kappa shape index (κ1) is 18.3. The third kappa shape index (κ3) is 3.65. The third-order valence-electron chi connectivity index (χ3n) is 5.54. The van der Waals surface area contributed by atoms with Crippen LogP contribution in [0.5, 0.6) is 5.75 Å². The Kier molecular flexibility index (Phi) is 5.15. The van der Waals surface area contributed by atoms with Gasteiger partial charge in [0.15, 0.2) is 0 Å². The number of rotatable bonds is 4. The van der Waals surface area contributed by atoms with E-state index in [0.29, 0.717) is 11.6 Å². The molecule has 0 saturated carbocycles. The van der Waals surface area contributed by atoms with Crippen LogP contribution in [0.4, 0.5) is 0 Å². The molecule has 0 N–H and O–H groups in total. The average Bonchev–Trinajstić information content (AvgIpc) is 3.15. The Morgan fingerprint density at radius 3 is 2.36 bits per heavy atom. The molecule has 3 aromatic rings. The molecule has 2 aromatic carbocycles. The first-order valence-corrected chi connectivity index (χ1v) is 9.68. The molecule has 0 aliphatic carbocycles. The summed E-state index contributed by atoms with van der Waals surface area (Å²) in [6, 6.07) is 20.2. The number of carbonyl (C=O) groups is 1. The van der Waals surface area contributed by atoms with Crippen LogP contribution in [0.2, 0.25) is 0 Å². The number of aromatic nitrogens is 2. The summed E-state index contributed by atoms with van der Waals surface area (Å²) in [4.78, 5) is 15.0. The van der Waals surface area contributed by atoms with Gasteiger partial charge in [-0.3, -0.25) is 9.48 Å². The van der Waals surface area contributed by atoms with Crippen molar-refractivity contribution >= 4 is 5.91 Å². The van der Waals surface area contributed by atoms with Gasteiger partial charge in [0, 0.05) is 25.7 Å². The molecule has 1 aliphatic rings. The summed E-state index contributed by atoms with van der Waals surface area (Å²) in [5, 5.41) is 4.54. The van der Waals surface area contributed by atoms with Crippen LogP contribution >= 0.6 is 0 Å². The van der Waals surface area contributed by atoms with Crippen molar-refractivity contribution in [3.8, 4) is 17.0 Å². The number of nitrogens with zero attached hydrogens (tertiary/aromatic N) is 3. The summed E-state index contributed by atoms with van der Waals surface area (Å²) >= 11 is 0. The van der Waals surface area contributed by atoms with Crippen LogP contribution in [0.1, 0.15) is 34.8 Å². The quantitative estimate of drug-likeness (QED) is 0.689. The summed E-state index contributed by atoms with van der Waals surface area (Å²) in [6.45, 7) is 1.56. The van der Waals surface area contributed by atoms with Crippen molar-refractivity contribution < 1.29 is 9.53 Å². The molecule has 0 spiro atoms. The molecule has 1 fully saturated rings. The minimum atomic E-state index is 0.0567. The van der Waals surface area contributed by atoms with Crippen LogP contribution in [-0.2, 0) is 7.05 Å². The van der Waals surface area contributed by atoms with Crippen LogP contribution < -0.4 is 4.74 Å². The van der Waals surface area contributed by atoms with Gasteiger partial charge in [-0.15, -0.1) is 0 Å². The molecule has 0 radical (unpaired) electrons. The lowest BCUT2D eigenvalue weighted by molar-refractivity contribution is 0.0702. The number of methoxy groups -OCH3 is 1. The maximum atomic E-state index is 13.1. The van der Waals surface area contributed by atoms with Gasteiger partial charge in [-0.05, 0) is 54.7 Å². The number of ether oxygens (including phenoxy) is 1. The zero-order chi connectivity index (χ0) is 19.5. The second-order valence-corrected chi connectivity index (χ2v) is 7.24. The molecule has 2 heterocycles. The second kappa shape index (κ2) is 7.89. The minimum Gasteiger partial charge on any atom is -0.497 e. The van der Waals surface area contributed by atoms with E-state index in [2.05, 4.69) is 29.4 Å². The van der Waals surface area contributed by atoms with Crippen molar-refractivity contribution in [1.29, 1.82) is 0 Å². The Hall–Kier alpha value is -3.08. The zero-order valence-corrected chi connectivity index (χ0v) is 16.3. The van der Waals surface area contributed by atoms with E-state index in [1.807, 2.05) is 48.3 Å². The van der Waals surface area contributed by atoms with E-state index in [1.54, 1.807) is 11.8 Å². The zero-order valence-electron chi connectivity index (χ0n) is 16.3. The summed E-state index contributed by atoms with van der Waals surface area (Å²) in [5.41, 5.74) is 3.77. The number of hydrogen-bond acceptors (Lipinski definition) is 3. The van der Waals surface area contributed by atoms with Crippen molar-refractivity contribution in [2.45, 2.75) is 18.8 Å². The molecule has 1 amide bonds. The average molecular weight is 375 g/mol. The number of amides is 1. The number of aryl methyl sites for hydroxylation is 1. The maximum absolute atomic E-state index is 13.1. The van der Waals surface area contributed by atoms with Gasteiger partial charge in [-0.1, -0.05) is 30.3 Å². The number of piperidine rings is 1. The molecular formula is C23H25N3O2. The number of carbonyl (C=O) groups excluding carboxylic acids is 1. The van der Waals surface area contributed by atoms with Gasteiger partial charge in [0.25, 0.3) is 5.91 Å².